The largest absolute Gasteiger partial charge is 0.339 e. The van der Waals surface area contributed by atoms with Crippen LogP contribution < -0.4 is 5.32 Å². The molecule has 1 aromatic carbocycles. The Hall–Kier alpha value is -2.27. The maximum atomic E-state index is 13.7. The number of carbonyl (C=O) groups excluding carboxylic acids is 2. The number of anilines is 1. The molecule has 1 fully saturated rings. The molecule has 0 radical (unpaired) electrons. The zero-order chi connectivity index (χ0) is 29.0. The molecule has 0 unspecified atom stereocenters. The van der Waals surface area contributed by atoms with E-state index < -0.39 is 10.0 Å². The fraction of sp³-hybridized carbons (Fsp3) is 0.600. The quantitative estimate of drug-likeness (QED) is 0.407. The third-order valence-electron chi connectivity index (χ3n) is 7.56. The number of likely N-dealkylation sites (tertiary alicyclic amines) is 1. The monoisotopic (exact) mass is 588 g/mol. The molecule has 4 rings (SSSR count). The molecule has 2 aliphatic rings. The summed E-state index contributed by atoms with van der Waals surface area (Å²) < 4.78 is 28.3. The molecule has 2 amide bonds. The van der Waals surface area contributed by atoms with E-state index in [4.69, 9.17) is 0 Å². The van der Waals surface area contributed by atoms with Crippen LogP contribution in [0.4, 0.5) is 5.00 Å². The van der Waals surface area contributed by atoms with Crippen LogP contribution >= 0.6 is 11.3 Å². The Morgan fingerprint density at radius 1 is 0.975 bits per heavy atom. The van der Waals surface area contributed by atoms with E-state index in [0.29, 0.717) is 29.2 Å². The van der Waals surface area contributed by atoms with Crippen molar-refractivity contribution in [1.82, 2.24) is 14.1 Å². The summed E-state index contributed by atoms with van der Waals surface area (Å²) in [5.41, 5.74) is 2.07. The van der Waals surface area contributed by atoms with Gasteiger partial charge in [-0.1, -0.05) is 34.6 Å². The number of likely N-dealkylation sites (N-methyl/N-ethyl adjacent to an activating group) is 1. The van der Waals surface area contributed by atoms with Gasteiger partial charge in [0.05, 0.1) is 10.5 Å². The number of nitrogens with zero attached hydrogens (tertiary/aromatic N) is 3. The average Bonchev–Trinajstić information content (AvgIpc) is 3.29. The SMILES string of the molecule is CCN1CCc2c(sc(NC(=O)c3ccc(S(=O)(=O)N(CC(C)C)CC(C)C)cc3)c2C(=O)N2CCCCC2)C1. The minimum atomic E-state index is -3.68. The van der Waals surface area contributed by atoms with Crippen LogP contribution in [0.25, 0.3) is 0 Å². The van der Waals surface area contributed by atoms with Crippen LogP contribution in [0.15, 0.2) is 29.2 Å². The Kier molecular flexibility index (Phi) is 10.1. The lowest BCUT2D eigenvalue weighted by Gasteiger charge is -2.29. The smallest absolute Gasteiger partial charge is 0.257 e. The van der Waals surface area contributed by atoms with Gasteiger partial charge in [0, 0.05) is 49.7 Å². The van der Waals surface area contributed by atoms with Crippen LogP contribution in [-0.2, 0) is 23.0 Å². The summed E-state index contributed by atoms with van der Waals surface area (Å²) in [6.07, 6.45) is 3.94. The molecule has 2 aliphatic heterocycles. The number of amides is 2. The van der Waals surface area contributed by atoms with Gasteiger partial charge in [-0.3, -0.25) is 14.5 Å². The summed E-state index contributed by atoms with van der Waals surface area (Å²) in [6, 6.07) is 6.14. The van der Waals surface area contributed by atoms with Crippen molar-refractivity contribution in [2.24, 2.45) is 11.8 Å². The van der Waals surface area contributed by atoms with Crippen molar-refractivity contribution in [2.45, 2.75) is 71.7 Å². The molecule has 40 heavy (non-hydrogen) atoms. The van der Waals surface area contributed by atoms with Crippen molar-refractivity contribution in [1.29, 1.82) is 0 Å². The van der Waals surface area contributed by atoms with Gasteiger partial charge in [-0.2, -0.15) is 4.31 Å². The first kappa shape index (κ1) is 30.7. The zero-order valence-electron chi connectivity index (χ0n) is 24.5. The Morgan fingerprint density at radius 2 is 1.60 bits per heavy atom. The molecule has 3 heterocycles. The lowest BCUT2D eigenvalue weighted by atomic mass is 10.0. The first-order chi connectivity index (χ1) is 19.0. The molecule has 0 saturated carbocycles. The Bertz CT molecular complexity index is 1290. The van der Waals surface area contributed by atoms with Crippen LogP contribution in [0.3, 0.4) is 0 Å². The molecule has 2 aromatic rings. The fourth-order valence-corrected chi connectivity index (χ4v) is 8.53. The summed E-state index contributed by atoms with van der Waals surface area (Å²) in [6.45, 7) is 15.1. The predicted molar refractivity (Wildman–Crippen MR) is 162 cm³/mol. The number of fused-ring (bicyclic) bond motifs is 1. The van der Waals surface area contributed by atoms with Crippen molar-refractivity contribution in [3.63, 3.8) is 0 Å². The van der Waals surface area contributed by atoms with Gasteiger partial charge in [0.2, 0.25) is 10.0 Å². The summed E-state index contributed by atoms with van der Waals surface area (Å²) in [5, 5.41) is 3.62. The maximum absolute atomic E-state index is 13.7. The first-order valence-corrected chi connectivity index (χ1v) is 16.8. The summed E-state index contributed by atoms with van der Waals surface area (Å²) in [4.78, 5) is 32.7. The van der Waals surface area contributed by atoms with Gasteiger partial charge in [-0.25, -0.2) is 8.42 Å². The van der Waals surface area contributed by atoms with Crippen molar-refractivity contribution < 1.29 is 18.0 Å². The van der Waals surface area contributed by atoms with Crippen LogP contribution in [-0.4, -0.2) is 73.6 Å². The van der Waals surface area contributed by atoms with E-state index in [0.717, 1.165) is 68.8 Å². The molecule has 0 spiro atoms. The molecular weight excluding hydrogens is 544 g/mol. The highest BCUT2D eigenvalue weighted by molar-refractivity contribution is 7.89. The van der Waals surface area contributed by atoms with Gasteiger partial charge in [-0.05, 0) is 73.9 Å². The standard InChI is InChI=1S/C30H44N4O4S2/c1-6-32-17-14-25-26(20-32)39-29(27(25)30(36)33-15-8-7-9-16-33)31-28(35)23-10-12-24(13-11-23)40(37,38)34(18-21(2)3)19-22(4)5/h10-13,21-22H,6-9,14-20H2,1-5H3,(H,31,35). The maximum Gasteiger partial charge on any atom is 0.257 e. The topological polar surface area (TPSA) is 90.0 Å². The molecule has 10 heteroatoms. The van der Waals surface area contributed by atoms with E-state index in [1.807, 2.05) is 32.6 Å². The molecular formula is C30H44N4O4S2. The molecule has 0 atom stereocenters. The highest BCUT2D eigenvalue weighted by Gasteiger charge is 2.32. The van der Waals surface area contributed by atoms with E-state index in [-0.39, 0.29) is 28.5 Å². The highest BCUT2D eigenvalue weighted by atomic mass is 32.2. The Morgan fingerprint density at radius 3 is 2.17 bits per heavy atom. The van der Waals surface area contributed by atoms with Crippen molar-refractivity contribution >= 4 is 38.2 Å². The Labute approximate surface area is 243 Å². The van der Waals surface area contributed by atoms with Crippen LogP contribution in [0.2, 0.25) is 0 Å². The summed E-state index contributed by atoms with van der Waals surface area (Å²) in [7, 11) is -3.68. The number of rotatable bonds is 10. The first-order valence-electron chi connectivity index (χ1n) is 14.6. The third-order valence-corrected chi connectivity index (χ3v) is 10.5. The van der Waals surface area contributed by atoms with Gasteiger partial charge in [0.25, 0.3) is 11.8 Å². The summed E-state index contributed by atoms with van der Waals surface area (Å²) >= 11 is 1.50. The van der Waals surface area contributed by atoms with Crippen LogP contribution in [0.1, 0.15) is 85.0 Å². The number of nitrogens with one attached hydrogen (secondary N) is 1. The molecule has 1 aromatic heterocycles. The van der Waals surface area contributed by atoms with Crippen LogP contribution in [0.5, 0.6) is 0 Å². The minimum absolute atomic E-state index is 0.00860. The second-order valence-electron chi connectivity index (χ2n) is 11.8. The van der Waals surface area contributed by atoms with Gasteiger partial charge < -0.3 is 10.2 Å². The van der Waals surface area contributed by atoms with Gasteiger partial charge in [0.15, 0.2) is 0 Å². The van der Waals surface area contributed by atoms with Gasteiger partial charge in [0.1, 0.15) is 5.00 Å². The van der Waals surface area contributed by atoms with Crippen molar-refractivity contribution in [3.8, 4) is 0 Å². The average molecular weight is 589 g/mol. The molecule has 0 bridgehead atoms. The van der Waals surface area contributed by atoms with Gasteiger partial charge >= 0.3 is 0 Å². The summed E-state index contributed by atoms with van der Waals surface area (Å²) in [5.74, 6) is 0.0565. The number of hydrogen-bond acceptors (Lipinski definition) is 6. The minimum Gasteiger partial charge on any atom is -0.339 e. The van der Waals surface area contributed by atoms with E-state index >= 15 is 0 Å². The fourth-order valence-electron chi connectivity index (χ4n) is 5.48. The van der Waals surface area contributed by atoms with Gasteiger partial charge in [-0.15, -0.1) is 11.3 Å². The number of thiophene rings is 1. The lowest BCUT2D eigenvalue weighted by Crippen LogP contribution is -2.37. The van der Waals surface area contributed by atoms with E-state index in [9.17, 15) is 18.0 Å². The normalized spacial score (nSPS) is 16.6. The molecule has 220 valence electrons. The molecule has 1 saturated heterocycles. The molecule has 1 N–H and O–H groups in total. The van der Waals surface area contributed by atoms with E-state index in [1.54, 1.807) is 12.1 Å². The number of carbonyl (C=O) groups is 2. The number of piperidine rings is 1. The highest BCUT2D eigenvalue weighted by Crippen LogP contribution is 2.38. The van der Waals surface area contributed by atoms with Crippen LogP contribution in [0, 0.1) is 11.8 Å². The zero-order valence-corrected chi connectivity index (χ0v) is 26.2. The second kappa shape index (κ2) is 13.1. The van der Waals surface area contributed by atoms with Crippen molar-refractivity contribution in [2.75, 3.05) is 44.6 Å². The second-order valence-corrected chi connectivity index (χ2v) is 14.8. The van der Waals surface area contributed by atoms with Crippen molar-refractivity contribution in [3.05, 3.63) is 45.8 Å². The third kappa shape index (κ3) is 6.95. The molecule has 8 nitrogen and oxygen atoms in total. The Balaban J connectivity index is 1.58. The molecule has 0 aliphatic carbocycles. The van der Waals surface area contributed by atoms with E-state index in [1.165, 1.54) is 27.8 Å². The lowest BCUT2D eigenvalue weighted by molar-refractivity contribution is 0.0724. The number of sulfonamides is 1. The predicted octanol–water partition coefficient (Wildman–Crippen LogP) is 5.31. The number of hydrogen-bond donors (Lipinski definition) is 1. The van der Waals surface area contributed by atoms with E-state index in [2.05, 4.69) is 17.1 Å². The number of benzene rings is 1.